The first kappa shape index (κ1) is 19.0. The Morgan fingerprint density at radius 1 is 1.00 bits per heavy atom. The van der Waals surface area contributed by atoms with Crippen LogP contribution in [0.2, 0.25) is 0 Å². The number of hydrogen-bond acceptors (Lipinski definition) is 4. The molecule has 0 unspecified atom stereocenters. The van der Waals surface area contributed by atoms with Gasteiger partial charge in [-0.3, -0.25) is 4.79 Å². The Balaban J connectivity index is 1.63. The highest BCUT2D eigenvalue weighted by atomic mass is 32.1. The van der Waals surface area contributed by atoms with Gasteiger partial charge in [-0.05, 0) is 47.3 Å². The molecule has 27 heavy (non-hydrogen) atoms. The summed E-state index contributed by atoms with van der Waals surface area (Å²) in [7, 11) is 5.84. The predicted octanol–water partition coefficient (Wildman–Crippen LogP) is 4.67. The summed E-state index contributed by atoms with van der Waals surface area (Å²) in [6, 6.07) is 19.6. The van der Waals surface area contributed by atoms with Gasteiger partial charge in [-0.15, -0.1) is 11.3 Å². The van der Waals surface area contributed by atoms with Crippen LogP contribution in [0.5, 0.6) is 5.75 Å². The van der Waals surface area contributed by atoms with Gasteiger partial charge in [0.1, 0.15) is 12.4 Å². The number of hydrogen-bond donors (Lipinski definition) is 0. The molecule has 5 heteroatoms. The Morgan fingerprint density at radius 3 is 2.44 bits per heavy atom. The van der Waals surface area contributed by atoms with E-state index in [0.717, 1.165) is 16.1 Å². The van der Waals surface area contributed by atoms with Crippen molar-refractivity contribution >= 4 is 22.9 Å². The van der Waals surface area contributed by atoms with Crippen LogP contribution in [0, 0.1) is 0 Å². The summed E-state index contributed by atoms with van der Waals surface area (Å²) in [5.74, 6) is 0.686. The van der Waals surface area contributed by atoms with E-state index >= 15 is 0 Å². The zero-order valence-electron chi connectivity index (χ0n) is 15.9. The smallest absolute Gasteiger partial charge is 0.254 e. The fourth-order valence-electron chi connectivity index (χ4n) is 2.73. The molecule has 0 spiro atoms. The second-order valence-corrected chi connectivity index (χ2v) is 7.65. The van der Waals surface area contributed by atoms with E-state index in [9.17, 15) is 4.79 Å². The van der Waals surface area contributed by atoms with Gasteiger partial charge in [0.25, 0.3) is 5.91 Å². The van der Waals surface area contributed by atoms with Crippen molar-refractivity contribution < 1.29 is 9.53 Å². The van der Waals surface area contributed by atoms with E-state index < -0.39 is 0 Å². The summed E-state index contributed by atoms with van der Waals surface area (Å²) in [5.41, 5.74) is 2.87. The first-order chi connectivity index (χ1) is 13.0. The molecule has 0 saturated carbocycles. The SMILES string of the molecule is CN(Cc1ccc(N(C)C)cc1)C(=O)c1cccc(OCc2cccs2)c1. The lowest BCUT2D eigenvalue weighted by molar-refractivity contribution is 0.0784. The number of nitrogens with zero attached hydrogens (tertiary/aromatic N) is 2. The maximum atomic E-state index is 12.8. The molecular weight excluding hydrogens is 356 g/mol. The molecular formula is C22H24N2O2S. The van der Waals surface area contributed by atoms with Gasteiger partial charge in [0.2, 0.25) is 0 Å². The largest absolute Gasteiger partial charge is 0.488 e. The highest BCUT2D eigenvalue weighted by Crippen LogP contribution is 2.19. The quantitative estimate of drug-likeness (QED) is 0.597. The van der Waals surface area contributed by atoms with Crippen molar-refractivity contribution in [1.29, 1.82) is 0 Å². The highest BCUT2D eigenvalue weighted by molar-refractivity contribution is 7.09. The summed E-state index contributed by atoms with van der Waals surface area (Å²) in [6.45, 7) is 1.08. The fraction of sp³-hybridized carbons (Fsp3) is 0.227. The van der Waals surface area contributed by atoms with Gasteiger partial charge in [-0.25, -0.2) is 0 Å². The molecule has 0 aliphatic rings. The Hall–Kier alpha value is -2.79. The third-order valence-corrected chi connectivity index (χ3v) is 5.11. The minimum Gasteiger partial charge on any atom is -0.488 e. The summed E-state index contributed by atoms with van der Waals surface area (Å²) >= 11 is 1.66. The average Bonchev–Trinajstić information content (AvgIpc) is 3.20. The molecule has 0 fully saturated rings. The van der Waals surface area contributed by atoms with Crippen molar-refractivity contribution in [3.8, 4) is 5.75 Å². The van der Waals surface area contributed by atoms with Crippen LogP contribution in [0.25, 0.3) is 0 Å². The molecule has 0 N–H and O–H groups in total. The molecule has 0 aliphatic carbocycles. The Morgan fingerprint density at radius 2 is 1.78 bits per heavy atom. The molecule has 3 rings (SSSR count). The molecule has 140 valence electrons. The van der Waals surface area contributed by atoms with Crippen LogP contribution in [0.3, 0.4) is 0 Å². The zero-order valence-corrected chi connectivity index (χ0v) is 16.7. The lowest BCUT2D eigenvalue weighted by Gasteiger charge is -2.19. The van der Waals surface area contributed by atoms with Crippen LogP contribution in [-0.2, 0) is 13.2 Å². The molecule has 0 bridgehead atoms. The third kappa shape index (κ3) is 5.11. The van der Waals surface area contributed by atoms with Crippen molar-refractivity contribution in [3.05, 3.63) is 82.0 Å². The van der Waals surface area contributed by atoms with Gasteiger partial charge in [-0.1, -0.05) is 24.3 Å². The van der Waals surface area contributed by atoms with Gasteiger partial charge in [0, 0.05) is 43.8 Å². The van der Waals surface area contributed by atoms with Crippen LogP contribution in [0.15, 0.2) is 66.0 Å². The highest BCUT2D eigenvalue weighted by Gasteiger charge is 2.13. The monoisotopic (exact) mass is 380 g/mol. The predicted molar refractivity (Wildman–Crippen MR) is 112 cm³/mol. The molecule has 0 aliphatic heterocycles. The van der Waals surface area contributed by atoms with Gasteiger partial charge < -0.3 is 14.5 Å². The Bertz CT molecular complexity index is 874. The Kier molecular flexibility index (Phi) is 6.14. The standard InChI is InChI=1S/C22H24N2O2S/c1-23(2)19-11-9-17(10-12-19)15-24(3)22(25)18-6-4-7-20(14-18)26-16-21-8-5-13-27-21/h4-14H,15-16H2,1-3H3. The number of amides is 1. The van der Waals surface area contributed by atoms with Gasteiger partial charge in [0.05, 0.1) is 0 Å². The first-order valence-corrected chi connectivity index (χ1v) is 9.68. The van der Waals surface area contributed by atoms with Gasteiger partial charge >= 0.3 is 0 Å². The number of ether oxygens (including phenoxy) is 1. The van der Waals surface area contributed by atoms with E-state index in [-0.39, 0.29) is 5.91 Å². The van der Waals surface area contributed by atoms with Crippen molar-refractivity contribution in [2.24, 2.45) is 0 Å². The summed E-state index contributed by atoms with van der Waals surface area (Å²) < 4.78 is 5.81. The number of rotatable bonds is 7. The summed E-state index contributed by atoms with van der Waals surface area (Å²) in [5, 5.41) is 2.03. The van der Waals surface area contributed by atoms with Crippen LogP contribution >= 0.6 is 11.3 Å². The number of anilines is 1. The van der Waals surface area contributed by atoms with E-state index in [0.29, 0.717) is 24.5 Å². The minimum atomic E-state index is -0.0201. The van der Waals surface area contributed by atoms with Crippen molar-refractivity contribution in [3.63, 3.8) is 0 Å². The molecule has 0 atom stereocenters. The van der Waals surface area contributed by atoms with E-state index in [1.165, 1.54) is 0 Å². The van der Waals surface area contributed by atoms with Crippen LogP contribution < -0.4 is 9.64 Å². The molecule has 1 heterocycles. The molecule has 2 aromatic carbocycles. The number of carbonyl (C=O) groups excluding carboxylic acids is 1. The van der Waals surface area contributed by atoms with Gasteiger partial charge in [0.15, 0.2) is 0 Å². The number of thiophene rings is 1. The number of carbonyl (C=O) groups is 1. The second kappa shape index (κ2) is 8.73. The summed E-state index contributed by atoms with van der Waals surface area (Å²) in [4.78, 5) is 17.7. The molecule has 1 aromatic heterocycles. The molecule has 3 aromatic rings. The van der Waals surface area contributed by atoms with Crippen LogP contribution in [0.1, 0.15) is 20.8 Å². The maximum Gasteiger partial charge on any atom is 0.254 e. The Labute approximate surface area is 164 Å². The minimum absolute atomic E-state index is 0.0201. The first-order valence-electron chi connectivity index (χ1n) is 8.80. The van der Waals surface area contributed by atoms with E-state index in [4.69, 9.17) is 4.74 Å². The summed E-state index contributed by atoms with van der Waals surface area (Å²) in [6.07, 6.45) is 0. The molecule has 1 amide bonds. The second-order valence-electron chi connectivity index (χ2n) is 6.62. The zero-order chi connectivity index (χ0) is 19.2. The van der Waals surface area contributed by atoms with E-state index in [1.54, 1.807) is 16.2 Å². The van der Waals surface area contributed by atoms with Gasteiger partial charge in [-0.2, -0.15) is 0 Å². The lowest BCUT2D eigenvalue weighted by Crippen LogP contribution is -2.26. The normalized spacial score (nSPS) is 10.5. The average molecular weight is 381 g/mol. The van der Waals surface area contributed by atoms with Crippen LogP contribution in [0.4, 0.5) is 5.69 Å². The van der Waals surface area contributed by atoms with Crippen molar-refractivity contribution in [2.75, 3.05) is 26.0 Å². The maximum absolute atomic E-state index is 12.8. The van der Waals surface area contributed by atoms with Crippen LogP contribution in [-0.4, -0.2) is 32.0 Å². The molecule has 4 nitrogen and oxygen atoms in total. The fourth-order valence-corrected chi connectivity index (χ4v) is 3.35. The van der Waals surface area contributed by atoms with E-state index in [1.807, 2.05) is 62.9 Å². The molecule has 0 saturated heterocycles. The van der Waals surface area contributed by atoms with E-state index in [2.05, 4.69) is 29.2 Å². The third-order valence-electron chi connectivity index (χ3n) is 4.26. The molecule has 0 radical (unpaired) electrons. The topological polar surface area (TPSA) is 32.8 Å². The van der Waals surface area contributed by atoms with Crippen molar-refractivity contribution in [1.82, 2.24) is 4.90 Å². The number of benzene rings is 2. The lowest BCUT2D eigenvalue weighted by atomic mass is 10.1. The van der Waals surface area contributed by atoms with Crippen molar-refractivity contribution in [2.45, 2.75) is 13.2 Å².